The molecule has 1 aromatic rings. The molecule has 0 fully saturated rings. The second-order valence-electron chi connectivity index (χ2n) is 3.87. The van der Waals surface area contributed by atoms with Gasteiger partial charge in [0.05, 0.1) is 24.5 Å². The summed E-state index contributed by atoms with van der Waals surface area (Å²) in [4.78, 5) is 22.7. The van der Waals surface area contributed by atoms with Gasteiger partial charge in [0.25, 0.3) is 5.69 Å². The molecule has 0 saturated heterocycles. The van der Waals surface area contributed by atoms with Gasteiger partial charge in [-0.1, -0.05) is 0 Å². The predicted octanol–water partition coefficient (Wildman–Crippen LogP) is 1.90. The Morgan fingerprint density at radius 1 is 1.47 bits per heavy atom. The SMILES string of the molecule is CCN(CCC(=O)O)c1cc(OC)cc([N+](=O)[O-])c1. The summed E-state index contributed by atoms with van der Waals surface area (Å²) in [6.45, 7) is 2.70. The van der Waals surface area contributed by atoms with Crippen molar-refractivity contribution in [3.63, 3.8) is 0 Å². The molecule has 0 atom stereocenters. The fraction of sp³-hybridized carbons (Fsp3) is 0.417. The van der Waals surface area contributed by atoms with E-state index in [0.717, 1.165) is 0 Å². The summed E-state index contributed by atoms with van der Waals surface area (Å²) in [6.07, 6.45) is -0.0289. The van der Waals surface area contributed by atoms with Crippen LogP contribution in [0.15, 0.2) is 18.2 Å². The van der Waals surface area contributed by atoms with E-state index in [2.05, 4.69) is 0 Å². The van der Waals surface area contributed by atoms with Crippen LogP contribution in [0, 0.1) is 10.1 Å². The third-order valence-corrected chi connectivity index (χ3v) is 2.67. The number of hydrogen-bond acceptors (Lipinski definition) is 5. The van der Waals surface area contributed by atoms with Crippen LogP contribution >= 0.6 is 0 Å². The minimum absolute atomic E-state index is 0.0289. The summed E-state index contributed by atoms with van der Waals surface area (Å²) in [6, 6.07) is 4.39. The molecule has 1 rings (SSSR count). The van der Waals surface area contributed by atoms with Crippen LogP contribution < -0.4 is 9.64 Å². The minimum atomic E-state index is -0.907. The van der Waals surface area contributed by atoms with Crippen molar-refractivity contribution < 1.29 is 19.6 Å². The van der Waals surface area contributed by atoms with E-state index in [4.69, 9.17) is 9.84 Å². The Bertz CT molecular complexity index is 475. The molecule has 0 aliphatic heterocycles. The van der Waals surface area contributed by atoms with Gasteiger partial charge in [0.2, 0.25) is 0 Å². The highest BCUT2D eigenvalue weighted by Crippen LogP contribution is 2.28. The molecule has 0 heterocycles. The zero-order valence-corrected chi connectivity index (χ0v) is 10.8. The van der Waals surface area contributed by atoms with Gasteiger partial charge in [-0.2, -0.15) is 0 Å². The number of nitro benzene ring substituents is 1. The van der Waals surface area contributed by atoms with Gasteiger partial charge >= 0.3 is 5.97 Å². The topological polar surface area (TPSA) is 92.9 Å². The summed E-state index contributed by atoms with van der Waals surface area (Å²) in [5.74, 6) is -0.533. The quantitative estimate of drug-likeness (QED) is 0.599. The number of aliphatic carboxylic acids is 1. The number of carbonyl (C=O) groups is 1. The van der Waals surface area contributed by atoms with E-state index in [1.54, 1.807) is 11.0 Å². The smallest absolute Gasteiger partial charge is 0.305 e. The zero-order chi connectivity index (χ0) is 14.4. The zero-order valence-electron chi connectivity index (χ0n) is 10.8. The molecule has 0 aliphatic rings. The highest BCUT2D eigenvalue weighted by Gasteiger charge is 2.14. The van der Waals surface area contributed by atoms with Gasteiger partial charge in [0, 0.05) is 30.9 Å². The summed E-state index contributed by atoms with van der Waals surface area (Å²) in [7, 11) is 1.43. The van der Waals surface area contributed by atoms with E-state index in [0.29, 0.717) is 18.0 Å². The summed E-state index contributed by atoms with van der Waals surface area (Å²) in [5.41, 5.74) is 0.498. The number of carboxylic acids is 1. The Morgan fingerprint density at radius 2 is 2.16 bits per heavy atom. The number of hydrogen-bond donors (Lipinski definition) is 1. The minimum Gasteiger partial charge on any atom is -0.496 e. The average Bonchev–Trinajstić information content (AvgIpc) is 2.38. The standard InChI is InChI=1S/C12H16N2O5/c1-3-13(5-4-12(15)16)9-6-10(14(17)18)8-11(7-9)19-2/h6-8H,3-5H2,1-2H3,(H,15,16). The number of nitrogens with zero attached hydrogens (tertiary/aromatic N) is 2. The fourth-order valence-electron chi connectivity index (χ4n) is 1.67. The molecule has 7 heteroatoms. The molecule has 19 heavy (non-hydrogen) atoms. The predicted molar refractivity (Wildman–Crippen MR) is 69.8 cm³/mol. The third-order valence-electron chi connectivity index (χ3n) is 2.67. The van der Waals surface area contributed by atoms with Crippen LogP contribution in [0.4, 0.5) is 11.4 Å². The van der Waals surface area contributed by atoms with Crippen molar-refractivity contribution in [2.45, 2.75) is 13.3 Å². The fourth-order valence-corrected chi connectivity index (χ4v) is 1.67. The van der Waals surface area contributed by atoms with Gasteiger partial charge in [-0.3, -0.25) is 14.9 Å². The largest absolute Gasteiger partial charge is 0.496 e. The first-order valence-corrected chi connectivity index (χ1v) is 5.78. The Morgan fingerprint density at radius 3 is 2.63 bits per heavy atom. The molecule has 0 saturated carbocycles. The monoisotopic (exact) mass is 268 g/mol. The molecular formula is C12H16N2O5. The van der Waals surface area contributed by atoms with Crippen molar-refractivity contribution in [2.75, 3.05) is 25.1 Å². The van der Waals surface area contributed by atoms with Crippen molar-refractivity contribution in [2.24, 2.45) is 0 Å². The van der Waals surface area contributed by atoms with Crippen LogP contribution in [0.25, 0.3) is 0 Å². The van der Waals surface area contributed by atoms with E-state index in [1.165, 1.54) is 19.2 Å². The lowest BCUT2D eigenvalue weighted by atomic mass is 10.2. The van der Waals surface area contributed by atoms with Gasteiger partial charge in [0.15, 0.2) is 0 Å². The number of rotatable bonds is 7. The highest BCUT2D eigenvalue weighted by molar-refractivity contribution is 5.68. The normalized spacial score (nSPS) is 10.0. The van der Waals surface area contributed by atoms with Crippen LogP contribution in [0.1, 0.15) is 13.3 Å². The van der Waals surface area contributed by atoms with Gasteiger partial charge in [-0.25, -0.2) is 0 Å². The van der Waals surface area contributed by atoms with E-state index in [-0.39, 0.29) is 18.7 Å². The van der Waals surface area contributed by atoms with E-state index in [1.807, 2.05) is 6.92 Å². The Balaban J connectivity index is 3.04. The molecular weight excluding hydrogens is 252 g/mol. The number of nitro groups is 1. The summed E-state index contributed by atoms with van der Waals surface area (Å²) in [5, 5.41) is 19.5. The maximum Gasteiger partial charge on any atom is 0.305 e. The van der Waals surface area contributed by atoms with E-state index < -0.39 is 10.9 Å². The summed E-state index contributed by atoms with van der Waals surface area (Å²) < 4.78 is 5.02. The lowest BCUT2D eigenvalue weighted by molar-refractivity contribution is -0.384. The van der Waals surface area contributed by atoms with Crippen molar-refractivity contribution in [1.82, 2.24) is 0 Å². The molecule has 0 aliphatic carbocycles. The number of methoxy groups -OCH3 is 1. The van der Waals surface area contributed by atoms with Crippen LogP contribution in [0.3, 0.4) is 0 Å². The van der Waals surface area contributed by atoms with Crippen LogP contribution in [0.5, 0.6) is 5.75 Å². The molecule has 1 N–H and O–H groups in total. The molecule has 1 aromatic carbocycles. The first-order valence-electron chi connectivity index (χ1n) is 5.78. The number of non-ortho nitro benzene ring substituents is 1. The maximum atomic E-state index is 10.8. The van der Waals surface area contributed by atoms with Crippen LogP contribution in [-0.4, -0.2) is 36.2 Å². The Kier molecular flexibility index (Phi) is 5.11. The molecule has 0 unspecified atom stereocenters. The molecule has 0 bridgehead atoms. The van der Waals surface area contributed by atoms with Gasteiger partial charge in [-0.05, 0) is 6.92 Å². The van der Waals surface area contributed by atoms with Crippen molar-refractivity contribution in [3.8, 4) is 5.75 Å². The maximum absolute atomic E-state index is 10.8. The molecule has 104 valence electrons. The molecule has 0 aromatic heterocycles. The highest BCUT2D eigenvalue weighted by atomic mass is 16.6. The number of ether oxygens (including phenoxy) is 1. The molecule has 0 radical (unpaired) electrons. The first kappa shape index (κ1) is 14.7. The van der Waals surface area contributed by atoms with Crippen molar-refractivity contribution in [3.05, 3.63) is 28.3 Å². The number of anilines is 1. The van der Waals surface area contributed by atoms with Crippen molar-refractivity contribution >= 4 is 17.3 Å². The molecule has 7 nitrogen and oxygen atoms in total. The Labute approximate surface area is 110 Å². The molecule has 0 amide bonds. The average molecular weight is 268 g/mol. The first-order chi connectivity index (χ1) is 8.97. The van der Waals surface area contributed by atoms with Crippen LogP contribution in [-0.2, 0) is 4.79 Å². The summed E-state index contributed by atoms with van der Waals surface area (Å²) >= 11 is 0. The lowest BCUT2D eigenvalue weighted by Gasteiger charge is -2.22. The van der Waals surface area contributed by atoms with Gasteiger partial charge in [-0.15, -0.1) is 0 Å². The van der Waals surface area contributed by atoms with E-state index >= 15 is 0 Å². The lowest BCUT2D eigenvalue weighted by Crippen LogP contribution is -2.25. The van der Waals surface area contributed by atoms with Crippen molar-refractivity contribution in [1.29, 1.82) is 0 Å². The number of benzene rings is 1. The van der Waals surface area contributed by atoms with Gasteiger partial charge in [0.1, 0.15) is 5.75 Å². The molecule has 0 spiro atoms. The van der Waals surface area contributed by atoms with Crippen LogP contribution in [0.2, 0.25) is 0 Å². The van der Waals surface area contributed by atoms with Gasteiger partial charge < -0.3 is 14.7 Å². The van der Waals surface area contributed by atoms with E-state index in [9.17, 15) is 14.9 Å². The Hall–Kier alpha value is -2.31. The second kappa shape index (κ2) is 6.58. The second-order valence-corrected chi connectivity index (χ2v) is 3.87. The third kappa shape index (κ3) is 4.13. The number of carboxylic acid groups (broad SMARTS) is 1.